The molecule has 124 valence electrons. The molecule has 0 spiro atoms. The van der Waals surface area contributed by atoms with Gasteiger partial charge >= 0.3 is 0 Å². The molecule has 8 atom stereocenters. The summed E-state index contributed by atoms with van der Waals surface area (Å²) >= 11 is 0. The van der Waals surface area contributed by atoms with E-state index in [1.807, 2.05) is 0 Å². The molecule has 8 unspecified atom stereocenters. The highest BCUT2D eigenvalue weighted by Crippen LogP contribution is 2.71. The van der Waals surface area contributed by atoms with Crippen LogP contribution < -0.4 is 0 Å². The summed E-state index contributed by atoms with van der Waals surface area (Å²) in [5.41, 5.74) is 1.63. The molecule has 4 aliphatic rings. The molecule has 0 saturated heterocycles. The highest BCUT2D eigenvalue weighted by molar-refractivity contribution is 5.26. The highest BCUT2D eigenvalue weighted by Gasteiger charge is 2.64. The van der Waals surface area contributed by atoms with Crippen LogP contribution in [0.1, 0.15) is 51.0 Å². The summed E-state index contributed by atoms with van der Waals surface area (Å²) in [6.07, 6.45) is 6.38. The third-order valence-corrected chi connectivity index (χ3v) is 7.83. The topological polar surface area (TPSA) is 9.23 Å². The first kappa shape index (κ1) is 14.5. The number of rotatable bonds is 4. The van der Waals surface area contributed by atoms with E-state index in [0.717, 1.165) is 54.0 Å². The van der Waals surface area contributed by atoms with Crippen molar-refractivity contribution < 1.29 is 4.74 Å². The van der Waals surface area contributed by atoms with Crippen molar-refractivity contribution in [2.45, 2.75) is 51.6 Å². The predicted octanol–water partition coefficient (Wildman–Crippen LogP) is 5.12. The van der Waals surface area contributed by atoms with Gasteiger partial charge in [-0.1, -0.05) is 30.3 Å². The first-order chi connectivity index (χ1) is 11.2. The Morgan fingerprint density at radius 3 is 2.39 bits per heavy atom. The fourth-order valence-electron chi connectivity index (χ4n) is 7.33. The van der Waals surface area contributed by atoms with Gasteiger partial charge in [-0.15, -0.1) is 0 Å². The molecule has 1 aromatic carbocycles. The lowest BCUT2D eigenvalue weighted by atomic mass is 9.64. The van der Waals surface area contributed by atoms with E-state index in [0.29, 0.717) is 6.10 Å². The molecule has 0 heterocycles. The SMILES string of the molecule is CC(C)OCC1CC2CC1C1C3CC(c4ccccc4)C(C3)C21. The zero-order chi connectivity index (χ0) is 15.6. The molecule has 0 aliphatic heterocycles. The number of ether oxygens (including phenoxy) is 1. The Kier molecular flexibility index (Phi) is 3.37. The van der Waals surface area contributed by atoms with E-state index in [1.165, 1.54) is 25.7 Å². The van der Waals surface area contributed by atoms with Crippen LogP contribution >= 0.6 is 0 Å². The molecule has 5 rings (SSSR count). The molecular weight excluding hydrogens is 280 g/mol. The lowest BCUT2D eigenvalue weighted by Gasteiger charge is -2.41. The van der Waals surface area contributed by atoms with Crippen LogP contribution in [-0.4, -0.2) is 12.7 Å². The summed E-state index contributed by atoms with van der Waals surface area (Å²) in [5.74, 6) is 7.88. The van der Waals surface area contributed by atoms with Crippen LogP contribution in [-0.2, 0) is 4.74 Å². The maximum absolute atomic E-state index is 6.00. The Morgan fingerprint density at radius 1 is 0.913 bits per heavy atom. The summed E-state index contributed by atoms with van der Waals surface area (Å²) < 4.78 is 6.00. The molecule has 0 aromatic heterocycles. The van der Waals surface area contributed by atoms with E-state index in [4.69, 9.17) is 4.74 Å². The molecule has 4 bridgehead atoms. The maximum Gasteiger partial charge on any atom is 0.0519 e. The second kappa shape index (κ2) is 5.34. The zero-order valence-electron chi connectivity index (χ0n) is 14.5. The average molecular weight is 310 g/mol. The Labute approximate surface area is 140 Å². The third-order valence-electron chi connectivity index (χ3n) is 7.83. The van der Waals surface area contributed by atoms with E-state index in [2.05, 4.69) is 44.2 Å². The lowest BCUT2D eigenvalue weighted by molar-refractivity contribution is 0.00540. The Hall–Kier alpha value is -0.820. The molecule has 1 aromatic rings. The third kappa shape index (κ3) is 2.15. The molecule has 0 N–H and O–H groups in total. The van der Waals surface area contributed by atoms with Crippen molar-refractivity contribution >= 4 is 0 Å². The van der Waals surface area contributed by atoms with Crippen LogP contribution in [0.4, 0.5) is 0 Å². The molecule has 1 nitrogen and oxygen atoms in total. The van der Waals surface area contributed by atoms with Crippen molar-refractivity contribution in [2.24, 2.45) is 41.4 Å². The van der Waals surface area contributed by atoms with Gasteiger partial charge in [0, 0.05) is 0 Å². The van der Waals surface area contributed by atoms with E-state index < -0.39 is 0 Å². The zero-order valence-corrected chi connectivity index (χ0v) is 14.5. The van der Waals surface area contributed by atoms with Gasteiger partial charge < -0.3 is 4.74 Å². The van der Waals surface area contributed by atoms with Crippen LogP contribution in [0.15, 0.2) is 30.3 Å². The van der Waals surface area contributed by atoms with E-state index in [1.54, 1.807) is 5.56 Å². The first-order valence-electron chi connectivity index (χ1n) is 9.89. The van der Waals surface area contributed by atoms with Gasteiger partial charge in [-0.25, -0.2) is 0 Å². The highest BCUT2D eigenvalue weighted by atomic mass is 16.5. The van der Waals surface area contributed by atoms with Crippen LogP contribution in [0, 0.1) is 41.4 Å². The average Bonchev–Trinajstić information content (AvgIpc) is 3.30. The van der Waals surface area contributed by atoms with E-state index in [9.17, 15) is 0 Å². The van der Waals surface area contributed by atoms with Crippen LogP contribution in [0.5, 0.6) is 0 Å². The summed E-state index contributed by atoms with van der Waals surface area (Å²) in [6.45, 7) is 5.39. The second-order valence-corrected chi connectivity index (χ2v) is 9.10. The van der Waals surface area contributed by atoms with Crippen LogP contribution in [0.3, 0.4) is 0 Å². The molecule has 4 aliphatic carbocycles. The van der Waals surface area contributed by atoms with Crippen molar-refractivity contribution in [2.75, 3.05) is 6.61 Å². The molecule has 0 amide bonds. The molecule has 1 heteroatoms. The minimum atomic E-state index is 0.396. The van der Waals surface area contributed by atoms with Gasteiger partial charge in [0.1, 0.15) is 0 Å². The van der Waals surface area contributed by atoms with Crippen molar-refractivity contribution in [1.29, 1.82) is 0 Å². The molecule has 23 heavy (non-hydrogen) atoms. The van der Waals surface area contributed by atoms with Crippen LogP contribution in [0.2, 0.25) is 0 Å². The minimum absolute atomic E-state index is 0.396. The van der Waals surface area contributed by atoms with Gasteiger partial charge in [-0.2, -0.15) is 0 Å². The first-order valence-corrected chi connectivity index (χ1v) is 9.89. The Morgan fingerprint density at radius 2 is 1.61 bits per heavy atom. The quantitative estimate of drug-likeness (QED) is 0.701. The van der Waals surface area contributed by atoms with Gasteiger partial charge in [0.15, 0.2) is 0 Å². The van der Waals surface area contributed by atoms with Crippen molar-refractivity contribution in [3.8, 4) is 0 Å². The summed E-state index contributed by atoms with van der Waals surface area (Å²) in [6, 6.07) is 11.4. The Bertz CT molecular complexity index is 565. The molecule has 4 fully saturated rings. The van der Waals surface area contributed by atoms with Crippen molar-refractivity contribution in [3.63, 3.8) is 0 Å². The Balaban J connectivity index is 1.33. The van der Waals surface area contributed by atoms with Gasteiger partial charge in [-0.05, 0) is 92.4 Å². The monoisotopic (exact) mass is 310 g/mol. The normalized spacial score (nSPS) is 46.7. The fraction of sp³-hybridized carbons (Fsp3) is 0.727. The van der Waals surface area contributed by atoms with Crippen LogP contribution in [0.25, 0.3) is 0 Å². The minimum Gasteiger partial charge on any atom is -0.378 e. The molecule has 0 radical (unpaired) electrons. The van der Waals surface area contributed by atoms with Gasteiger partial charge in [-0.3, -0.25) is 0 Å². The summed E-state index contributed by atoms with van der Waals surface area (Å²) in [5, 5.41) is 0. The fourth-order valence-corrected chi connectivity index (χ4v) is 7.33. The number of hydrogen-bond donors (Lipinski definition) is 0. The van der Waals surface area contributed by atoms with Gasteiger partial charge in [0.05, 0.1) is 12.7 Å². The second-order valence-electron chi connectivity index (χ2n) is 9.10. The number of hydrogen-bond acceptors (Lipinski definition) is 1. The largest absolute Gasteiger partial charge is 0.378 e. The maximum atomic E-state index is 6.00. The van der Waals surface area contributed by atoms with E-state index in [-0.39, 0.29) is 0 Å². The smallest absolute Gasteiger partial charge is 0.0519 e. The molecular formula is C22H30O. The van der Waals surface area contributed by atoms with Crippen molar-refractivity contribution in [3.05, 3.63) is 35.9 Å². The van der Waals surface area contributed by atoms with Crippen molar-refractivity contribution in [1.82, 2.24) is 0 Å². The number of fused-ring (bicyclic) bond motifs is 9. The lowest BCUT2D eigenvalue weighted by Crippen LogP contribution is -2.36. The van der Waals surface area contributed by atoms with Gasteiger partial charge in [0.25, 0.3) is 0 Å². The van der Waals surface area contributed by atoms with Gasteiger partial charge in [0.2, 0.25) is 0 Å². The standard InChI is InChI=1S/C22H30O/c1-13(2)23-12-17-8-15-10-19(17)21-16-9-18(20(11-16)22(15)21)14-6-4-3-5-7-14/h3-7,13,15-22H,8-12H2,1-2H3. The summed E-state index contributed by atoms with van der Waals surface area (Å²) in [4.78, 5) is 0. The predicted molar refractivity (Wildman–Crippen MR) is 93.2 cm³/mol. The van der Waals surface area contributed by atoms with E-state index >= 15 is 0 Å². The summed E-state index contributed by atoms with van der Waals surface area (Å²) in [7, 11) is 0. The number of benzene rings is 1. The molecule has 4 saturated carbocycles.